The molecule has 140 valence electrons. The van der Waals surface area contributed by atoms with Crippen molar-refractivity contribution in [3.63, 3.8) is 0 Å². The van der Waals surface area contributed by atoms with Gasteiger partial charge in [-0.1, -0.05) is 43.0 Å². The Balaban J connectivity index is 1.42. The lowest BCUT2D eigenvalue weighted by Crippen LogP contribution is -2.38. The van der Waals surface area contributed by atoms with Gasteiger partial charge in [-0.05, 0) is 25.0 Å². The Labute approximate surface area is 151 Å². The van der Waals surface area contributed by atoms with Crippen LogP contribution in [0.15, 0.2) is 29.4 Å². The van der Waals surface area contributed by atoms with Gasteiger partial charge in [-0.3, -0.25) is 4.79 Å². The lowest BCUT2D eigenvalue weighted by Gasteiger charge is -2.16. The number of nitrogens with one attached hydrogen (secondary N) is 1. The van der Waals surface area contributed by atoms with Crippen molar-refractivity contribution in [1.82, 2.24) is 5.32 Å². The smallest absolute Gasteiger partial charge is 0.351 e. The highest BCUT2D eigenvalue weighted by Gasteiger charge is 2.31. The lowest BCUT2D eigenvalue weighted by molar-refractivity contribution is -0.158. The molecule has 6 nitrogen and oxygen atoms in total. The first kappa shape index (κ1) is 18.4. The highest BCUT2D eigenvalue weighted by atomic mass is 19.1. The van der Waals surface area contributed by atoms with Crippen molar-refractivity contribution in [2.24, 2.45) is 5.16 Å². The van der Waals surface area contributed by atoms with Gasteiger partial charge in [0.2, 0.25) is 6.10 Å². The lowest BCUT2D eigenvalue weighted by atomic mass is 10.1. The first-order valence-electron chi connectivity index (χ1n) is 9.06. The van der Waals surface area contributed by atoms with Gasteiger partial charge in [0.1, 0.15) is 5.82 Å². The average Bonchev–Trinajstić information content (AvgIpc) is 2.99. The molecule has 1 saturated carbocycles. The minimum Gasteiger partial charge on any atom is -0.453 e. The summed E-state index contributed by atoms with van der Waals surface area (Å²) in [5, 5.41) is 6.75. The highest BCUT2D eigenvalue weighted by molar-refractivity contribution is 6.03. The van der Waals surface area contributed by atoms with E-state index in [4.69, 9.17) is 9.57 Å². The van der Waals surface area contributed by atoms with E-state index < -0.39 is 12.1 Å². The van der Waals surface area contributed by atoms with Gasteiger partial charge in [0, 0.05) is 18.0 Å². The van der Waals surface area contributed by atoms with Crippen LogP contribution in [0.3, 0.4) is 0 Å². The molecule has 1 amide bonds. The number of carbonyl (C=O) groups excluding carboxylic acids is 2. The third-order valence-electron chi connectivity index (χ3n) is 4.66. The molecule has 1 aromatic rings. The van der Waals surface area contributed by atoms with Crippen molar-refractivity contribution in [1.29, 1.82) is 0 Å². The molecule has 1 aromatic carbocycles. The van der Waals surface area contributed by atoms with Gasteiger partial charge in [0.05, 0.1) is 5.71 Å². The molecule has 1 unspecified atom stereocenters. The largest absolute Gasteiger partial charge is 0.453 e. The summed E-state index contributed by atoms with van der Waals surface area (Å²) in [5.74, 6) is -1.32. The maximum Gasteiger partial charge on any atom is 0.351 e. The van der Waals surface area contributed by atoms with E-state index in [0.717, 1.165) is 25.7 Å². The predicted octanol–water partition coefficient (Wildman–Crippen LogP) is 2.70. The number of ether oxygens (including phenoxy) is 1. The van der Waals surface area contributed by atoms with Crippen molar-refractivity contribution in [3.05, 3.63) is 35.6 Å². The van der Waals surface area contributed by atoms with Crippen molar-refractivity contribution < 1.29 is 23.6 Å². The molecule has 26 heavy (non-hydrogen) atoms. The van der Waals surface area contributed by atoms with Crippen LogP contribution < -0.4 is 5.32 Å². The van der Waals surface area contributed by atoms with Crippen molar-refractivity contribution in [3.8, 4) is 0 Å². The Hall–Kier alpha value is -2.44. The van der Waals surface area contributed by atoms with Gasteiger partial charge < -0.3 is 14.9 Å². The van der Waals surface area contributed by atoms with E-state index in [1.165, 1.54) is 25.0 Å². The van der Waals surface area contributed by atoms with Crippen LogP contribution in [0, 0.1) is 5.82 Å². The summed E-state index contributed by atoms with van der Waals surface area (Å²) in [6.45, 7) is -0.329. The molecule has 2 aliphatic rings. The van der Waals surface area contributed by atoms with Crippen LogP contribution in [0.25, 0.3) is 0 Å². The molecule has 0 bridgehead atoms. The Morgan fingerprint density at radius 3 is 2.73 bits per heavy atom. The monoisotopic (exact) mass is 362 g/mol. The summed E-state index contributed by atoms with van der Waals surface area (Å²) in [6.07, 6.45) is 5.85. The van der Waals surface area contributed by atoms with Crippen molar-refractivity contribution in [2.75, 3.05) is 6.61 Å². The molecule has 1 heterocycles. The Morgan fingerprint density at radius 2 is 2.00 bits per heavy atom. The minimum atomic E-state index is -0.904. The van der Waals surface area contributed by atoms with E-state index in [1.54, 1.807) is 12.1 Å². The van der Waals surface area contributed by atoms with Gasteiger partial charge in [-0.15, -0.1) is 0 Å². The second kappa shape index (κ2) is 8.78. The van der Waals surface area contributed by atoms with E-state index in [9.17, 15) is 14.0 Å². The molecule has 0 spiro atoms. The predicted molar refractivity (Wildman–Crippen MR) is 93.0 cm³/mol. The Bertz CT molecular complexity index is 684. The highest BCUT2D eigenvalue weighted by Crippen LogP contribution is 2.19. The number of esters is 1. The molecule has 0 aromatic heterocycles. The number of hydrogen-bond donors (Lipinski definition) is 1. The fraction of sp³-hybridized carbons (Fsp3) is 0.526. The molecule has 0 saturated heterocycles. The number of benzene rings is 1. The zero-order valence-corrected chi connectivity index (χ0v) is 14.6. The first-order chi connectivity index (χ1) is 12.6. The molecule has 1 aliphatic carbocycles. The standard InChI is InChI=1S/C19H23FN2O4/c20-14-7-5-6-13(10-14)16-11-17(26-22-16)19(24)25-12-18(23)21-15-8-3-1-2-4-9-15/h5-7,10,15,17H,1-4,8-9,11-12H2,(H,21,23). The zero-order chi connectivity index (χ0) is 18.4. The first-order valence-corrected chi connectivity index (χ1v) is 9.06. The van der Waals surface area contributed by atoms with Gasteiger partial charge >= 0.3 is 5.97 Å². The van der Waals surface area contributed by atoms with Gasteiger partial charge in [0.15, 0.2) is 6.61 Å². The summed E-state index contributed by atoms with van der Waals surface area (Å²) in [5.41, 5.74) is 1.04. The van der Waals surface area contributed by atoms with Crippen molar-refractivity contribution >= 4 is 17.6 Å². The van der Waals surface area contributed by atoms with Crippen LogP contribution in [0.4, 0.5) is 4.39 Å². The molecule has 0 radical (unpaired) electrons. The number of rotatable bonds is 5. The minimum absolute atomic E-state index is 0.161. The number of halogens is 1. The Kier molecular flexibility index (Phi) is 6.20. The number of carbonyl (C=O) groups is 2. The molecule has 1 fully saturated rings. The average molecular weight is 362 g/mol. The third-order valence-corrected chi connectivity index (χ3v) is 4.66. The second-order valence-electron chi connectivity index (χ2n) is 6.71. The van der Waals surface area contributed by atoms with Crippen LogP contribution in [0.1, 0.15) is 50.5 Å². The summed E-state index contributed by atoms with van der Waals surface area (Å²) in [6, 6.07) is 6.08. The SMILES string of the molecule is O=C(COC(=O)C1CC(c2cccc(F)c2)=NO1)NC1CCCCCC1. The topological polar surface area (TPSA) is 77.0 Å². The fourth-order valence-electron chi connectivity index (χ4n) is 3.26. The number of oxime groups is 1. The van der Waals surface area contributed by atoms with Crippen LogP contribution in [0.5, 0.6) is 0 Å². The van der Waals surface area contributed by atoms with E-state index in [2.05, 4.69) is 10.5 Å². The number of hydrogen-bond acceptors (Lipinski definition) is 5. The maximum absolute atomic E-state index is 13.3. The van der Waals surface area contributed by atoms with E-state index in [-0.39, 0.29) is 30.8 Å². The molecule has 3 rings (SSSR count). The quantitative estimate of drug-likeness (QED) is 0.645. The molecular formula is C19H23FN2O4. The van der Waals surface area contributed by atoms with Gasteiger partial charge in [-0.2, -0.15) is 0 Å². The molecule has 1 N–H and O–H groups in total. The molecule has 7 heteroatoms. The normalized spacial score (nSPS) is 20.7. The van der Waals surface area contributed by atoms with Crippen LogP contribution in [0.2, 0.25) is 0 Å². The van der Waals surface area contributed by atoms with Crippen LogP contribution in [-0.4, -0.2) is 36.3 Å². The summed E-state index contributed by atoms with van der Waals surface area (Å²) in [7, 11) is 0. The number of nitrogens with zero attached hydrogens (tertiary/aromatic N) is 1. The molecule has 1 aliphatic heterocycles. The van der Waals surface area contributed by atoms with Crippen molar-refractivity contribution in [2.45, 2.75) is 57.1 Å². The zero-order valence-electron chi connectivity index (χ0n) is 14.6. The summed E-state index contributed by atoms with van der Waals surface area (Å²) >= 11 is 0. The fourth-order valence-corrected chi connectivity index (χ4v) is 3.26. The van der Waals surface area contributed by atoms with E-state index in [0.29, 0.717) is 11.3 Å². The third kappa shape index (κ3) is 5.03. The molecular weight excluding hydrogens is 339 g/mol. The van der Waals surface area contributed by atoms with E-state index in [1.807, 2.05) is 0 Å². The molecule has 1 atom stereocenters. The summed E-state index contributed by atoms with van der Waals surface area (Å²) in [4.78, 5) is 29.1. The summed E-state index contributed by atoms with van der Waals surface area (Å²) < 4.78 is 18.3. The van der Waals surface area contributed by atoms with Gasteiger partial charge in [0.25, 0.3) is 5.91 Å². The Morgan fingerprint density at radius 1 is 1.23 bits per heavy atom. The number of amides is 1. The van der Waals surface area contributed by atoms with Gasteiger partial charge in [-0.25, -0.2) is 9.18 Å². The van der Waals surface area contributed by atoms with Crippen LogP contribution >= 0.6 is 0 Å². The maximum atomic E-state index is 13.3. The van der Waals surface area contributed by atoms with E-state index >= 15 is 0 Å². The second-order valence-corrected chi connectivity index (χ2v) is 6.71. The van der Waals surface area contributed by atoms with Crippen LogP contribution in [-0.2, 0) is 19.2 Å².